The first-order valence-electron chi connectivity index (χ1n) is 5.85. The van der Waals surface area contributed by atoms with Crippen molar-refractivity contribution in [1.29, 1.82) is 0 Å². The lowest BCUT2D eigenvalue weighted by atomic mass is 10.1. The summed E-state index contributed by atoms with van der Waals surface area (Å²) in [5.41, 5.74) is 8.26. The standard InChI is InChI=1S/C14H16N2O2S/c1-10-8-12(15)9-14(11(10)2)19(17,18)16-13-6-4-3-5-7-13/h3-9,16H,15H2,1-2H3. The van der Waals surface area contributed by atoms with Crippen molar-refractivity contribution in [3.63, 3.8) is 0 Å². The zero-order chi connectivity index (χ0) is 14.0. The Bertz CT molecular complexity index is 695. The monoisotopic (exact) mass is 276 g/mol. The van der Waals surface area contributed by atoms with Crippen LogP contribution in [-0.4, -0.2) is 8.42 Å². The molecule has 0 amide bonds. The van der Waals surface area contributed by atoms with Crippen molar-refractivity contribution >= 4 is 21.4 Å². The van der Waals surface area contributed by atoms with E-state index in [-0.39, 0.29) is 4.90 Å². The highest BCUT2D eigenvalue weighted by atomic mass is 32.2. The molecule has 0 radical (unpaired) electrons. The van der Waals surface area contributed by atoms with Crippen LogP contribution in [0.25, 0.3) is 0 Å². The first-order chi connectivity index (χ1) is 8.90. The quantitative estimate of drug-likeness (QED) is 0.847. The average molecular weight is 276 g/mol. The van der Waals surface area contributed by atoms with Crippen LogP contribution in [0.3, 0.4) is 0 Å². The Balaban J connectivity index is 2.46. The van der Waals surface area contributed by atoms with Gasteiger partial charge in [0.25, 0.3) is 10.0 Å². The third-order valence-electron chi connectivity index (χ3n) is 2.96. The molecule has 0 aliphatic carbocycles. The van der Waals surface area contributed by atoms with Gasteiger partial charge in [0, 0.05) is 11.4 Å². The van der Waals surface area contributed by atoms with Crippen LogP contribution in [0.4, 0.5) is 11.4 Å². The molecule has 0 aliphatic rings. The maximum absolute atomic E-state index is 12.4. The predicted molar refractivity (Wildman–Crippen MR) is 77.6 cm³/mol. The van der Waals surface area contributed by atoms with E-state index in [0.29, 0.717) is 16.9 Å². The molecule has 0 aromatic heterocycles. The van der Waals surface area contributed by atoms with Gasteiger partial charge in [0.2, 0.25) is 0 Å². The number of sulfonamides is 1. The summed E-state index contributed by atoms with van der Waals surface area (Å²) in [6.07, 6.45) is 0. The van der Waals surface area contributed by atoms with Crippen molar-refractivity contribution < 1.29 is 8.42 Å². The molecule has 0 bridgehead atoms. The molecule has 0 unspecified atom stereocenters. The molecule has 0 saturated heterocycles. The van der Waals surface area contributed by atoms with Crippen LogP contribution in [0, 0.1) is 13.8 Å². The van der Waals surface area contributed by atoms with Crippen molar-refractivity contribution in [2.45, 2.75) is 18.7 Å². The Morgan fingerprint density at radius 3 is 2.32 bits per heavy atom. The molecule has 0 spiro atoms. The molecule has 100 valence electrons. The number of nitrogen functional groups attached to an aromatic ring is 1. The summed E-state index contributed by atoms with van der Waals surface area (Å²) in [7, 11) is -3.62. The van der Waals surface area contributed by atoms with E-state index < -0.39 is 10.0 Å². The lowest BCUT2D eigenvalue weighted by molar-refractivity contribution is 0.600. The second kappa shape index (κ2) is 4.93. The number of nitrogens with one attached hydrogen (secondary N) is 1. The molecule has 0 fully saturated rings. The number of rotatable bonds is 3. The highest BCUT2D eigenvalue weighted by molar-refractivity contribution is 7.92. The minimum absolute atomic E-state index is 0.217. The summed E-state index contributed by atoms with van der Waals surface area (Å²) in [4.78, 5) is 0.217. The van der Waals surface area contributed by atoms with Crippen LogP contribution < -0.4 is 10.5 Å². The normalized spacial score (nSPS) is 11.3. The predicted octanol–water partition coefficient (Wildman–Crippen LogP) is 2.69. The lowest BCUT2D eigenvalue weighted by Crippen LogP contribution is -2.15. The fraction of sp³-hybridized carbons (Fsp3) is 0.143. The number of para-hydroxylation sites is 1. The van der Waals surface area contributed by atoms with Gasteiger partial charge in [-0.05, 0) is 49.2 Å². The maximum Gasteiger partial charge on any atom is 0.262 e. The molecule has 2 rings (SSSR count). The van der Waals surface area contributed by atoms with E-state index in [1.807, 2.05) is 13.0 Å². The van der Waals surface area contributed by atoms with Gasteiger partial charge in [-0.25, -0.2) is 8.42 Å². The Hall–Kier alpha value is -2.01. The molecule has 5 heteroatoms. The van der Waals surface area contributed by atoms with E-state index in [1.165, 1.54) is 6.07 Å². The first-order valence-corrected chi connectivity index (χ1v) is 7.33. The fourth-order valence-electron chi connectivity index (χ4n) is 1.85. The van der Waals surface area contributed by atoms with Crippen LogP contribution in [-0.2, 0) is 10.0 Å². The van der Waals surface area contributed by atoms with Gasteiger partial charge in [0.15, 0.2) is 0 Å². The molecule has 0 saturated carbocycles. The molecule has 3 N–H and O–H groups in total. The molecule has 19 heavy (non-hydrogen) atoms. The van der Waals surface area contributed by atoms with Crippen molar-refractivity contribution in [3.05, 3.63) is 53.6 Å². The Morgan fingerprint density at radius 1 is 1.05 bits per heavy atom. The Kier molecular flexibility index (Phi) is 3.48. The van der Waals surface area contributed by atoms with Crippen LogP contribution in [0.15, 0.2) is 47.4 Å². The van der Waals surface area contributed by atoms with Crippen molar-refractivity contribution in [1.82, 2.24) is 0 Å². The highest BCUT2D eigenvalue weighted by Gasteiger charge is 2.18. The van der Waals surface area contributed by atoms with Gasteiger partial charge in [0.05, 0.1) is 4.90 Å². The fourth-order valence-corrected chi connectivity index (χ4v) is 3.26. The van der Waals surface area contributed by atoms with E-state index in [0.717, 1.165) is 5.56 Å². The first kappa shape index (κ1) is 13.4. The molecule has 4 nitrogen and oxygen atoms in total. The van der Waals surface area contributed by atoms with Crippen molar-refractivity contribution in [2.75, 3.05) is 10.5 Å². The summed E-state index contributed by atoms with van der Waals surface area (Å²) in [6, 6.07) is 12.0. The van der Waals surface area contributed by atoms with Crippen molar-refractivity contribution in [3.8, 4) is 0 Å². The number of hydrogen-bond donors (Lipinski definition) is 2. The second-order valence-electron chi connectivity index (χ2n) is 4.43. The summed E-state index contributed by atoms with van der Waals surface area (Å²) >= 11 is 0. The van der Waals surface area contributed by atoms with Crippen LogP contribution in [0.2, 0.25) is 0 Å². The minimum atomic E-state index is -3.62. The summed E-state index contributed by atoms with van der Waals surface area (Å²) in [5.74, 6) is 0. The Labute approximate surface area is 113 Å². The molecular formula is C14H16N2O2S. The maximum atomic E-state index is 12.4. The minimum Gasteiger partial charge on any atom is -0.399 e. The topological polar surface area (TPSA) is 72.2 Å². The molecular weight excluding hydrogens is 260 g/mol. The summed E-state index contributed by atoms with van der Waals surface area (Å²) < 4.78 is 27.3. The smallest absolute Gasteiger partial charge is 0.262 e. The number of benzene rings is 2. The molecule has 0 heterocycles. The van der Waals surface area contributed by atoms with E-state index in [1.54, 1.807) is 37.3 Å². The van der Waals surface area contributed by atoms with E-state index >= 15 is 0 Å². The molecule has 0 atom stereocenters. The Morgan fingerprint density at radius 2 is 1.68 bits per heavy atom. The van der Waals surface area contributed by atoms with Gasteiger partial charge < -0.3 is 5.73 Å². The third-order valence-corrected chi connectivity index (χ3v) is 4.47. The van der Waals surface area contributed by atoms with Gasteiger partial charge in [0.1, 0.15) is 0 Å². The van der Waals surface area contributed by atoms with E-state index in [2.05, 4.69) is 4.72 Å². The highest BCUT2D eigenvalue weighted by Crippen LogP contribution is 2.24. The van der Waals surface area contributed by atoms with E-state index in [4.69, 9.17) is 5.73 Å². The van der Waals surface area contributed by atoms with Gasteiger partial charge in [-0.1, -0.05) is 18.2 Å². The molecule has 2 aromatic rings. The van der Waals surface area contributed by atoms with Gasteiger partial charge in [-0.3, -0.25) is 4.72 Å². The van der Waals surface area contributed by atoms with Crippen LogP contribution in [0.1, 0.15) is 11.1 Å². The third kappa shape index (κ3) is 2.88. The summed E-state index contributed by atoms with van der Waals surface area (Å²) in [5, 5.41) is 0. The largest absolute Gasteiger partial charge is 0.399 e. The number of aryl methyl sites for hydroxylation is 1. The lowest BCUT2D eigenvalue weighted by Gasteiger charge is -2.13. The number of nitrogens with two attached hydrogens (primary N) is 1. The van der Waals surface area contributed by atoms with Gasteiger partial charge >= 0.3 is 0 Å². The van der Waals surface area contributed by atoms with E-state index in [9.17, 15) is 8.42 Å². The van der Waals surface area contributed by atoms with Crippen LogP contribution in [0.5, 0.6) is 0 Å². The molecule has 0 aliphatic heterocycles. The summed E-state index contributed by atoms with van der Waals surface area (Å²) in [6.45, 7) is 3.61. The van der Waals surface area contributed by atoms with Crippen molar-refractivity contribution in [2.24, 2.45) is 0 Å². The van der Waals surface area contributed by atoms with Gasteiger partial charge in [-0.15, -0.1) is 0 Å². The SMILES string of the molecule is Cc1cc(N)cc(S(=O)(=O)Nc2ccccc2)c1C. The number of hydrogen-bond acceptors (Lipinski definition) is 3. The number of anilines is 2. The zero-order valence-corrected chi connectivity index (χ0v) is 11.7. The average Bonchev–Trinajstić information content (AvgIpc) is 2.34. The van der Waals surface area contributed by atoms with Gasteiger partial charge in [-0.2, -0.15) is 0 Å². The molecule has 2 aromatic carbocycles. The van der Waals surface area contributed by atoms with Crippen LogP contribution >= 0.6 is 0 Å². The second-order valence-corrected chi connectivity index (χ2v) is 6.08. The zero-order valence-electron chi connectivity index (χ0n) is 10.8.